The smallest absolute Gasteiger partial charge is 0.191 e. The first-order chi connectivity index (χ1) is 12.7. The molecule has 2 fully saturated rings. The summed E-state index contributed by atoms with van der Waals surface area (Å²) in [4.78, 5) is 14.0. The molecule has 7 nitrogen and oxygen atoms in total. The second-order valence-electron chi connectivity index (χ2n) is 7.03. The molecular weight excluding hydrogens is 455 g/mol. The molecule has 27 heavy (non-hydrogen) atoms. The third-order valence-electron chi connectivity index (χ3n) is 4.92. The molecule has 2 aliphatic heterocycles. The Morgan fingerprint density at radius 1 is 1.26 bits per heavy atom. The van der Waals surface area contributed by atoms with Crippen molar-refractivity contribution >= 4 is 35.8 Å². The Balaban J connectivity index is 0.00000261. The lowest BCUT2D eigenvalue weighted by molar-refractivity contribution is 0.114. The van der Waals surface area contributed by atoms with Gasteiger partial charge in [-0.1, -0.05) is 6.07 Å². The third-order valence-corrected chi connectivity index (χ3v) is 4.92. The SMILES string of the molecule is CCNC(=NCc1ccc(N2CCN(C)CC2)nc1)NCC1CCCO1.I. The van der Waals surface area contributed by atoms with E-state index in [9.17, 15) is 0 Å². The van der Waals surface area contributed by atoms with E-state index < -0.39 is 0 Å². The van der Waals surface area contributed by atoms with Gasteiger partial charge in [0, 0.05) is 52.1 Å². The monoisotopic (exact) mass is 488 g/mol. The molecule has 1 atom stereocenters. The lowest BCUT2D eigenvalue weighted by Gasteiger charge is -2.33. The van der Waals surface area contributed by atoms with Crippen molar-refractivity contribution in [1.82, 2.24) is 20.5 Å². The largest absolute Gasteiger partial charge is 0.376 e. The molecule has 8 heteroatoms. The Kier molecular flexibility index (Phi) is 9.57. The van der Waals surface area contributed by atoms with E-state index in [1.165, 1.54) is 0 Å². The Morgan fingerprint density at radius 3 is 2.70 bits per heavy atom. The van der Waals surface area contributed by atoms with Gasteiger partial charge < -0.3 is 25.2 Å². The van der Waals surface area contributed by atoms with Crippen LogP contribution in [-0.2, 0) is 11.3 Å². The minimum absolute atomic E-state index is 0. The summed E-state index contributed by atoms with van der Waals surface area (Å²) >= 11 is 0. The lowest BCUT2D eigenvalue weighted by Crippen LogP contribution is -2.44. The van der Waals surface area contributed by atoms with Gasteiger partial charge in [-0.25, -0.2) is 9.98 Å². The van der Waals surface area contributed by atoms with Gasteiger partial charge in [0.2, 0.25) is 0 Å². The molecular formula is C19H33IN6O. The molecule has 1 aromatic heterocycles. The molecule has 0 bridgehead atoms. The summed E-state index contributed by atoms with van der Waals surface area (Å²) in [6.07, 6.45) is 4.54. The van der Waals surface area contributed by atoms with E-state index in [0.29, 0.717) is 12.6 Å². The van der Waals surface area contributed by atoms with Gasteiger partial charge in [0.25, 0.3) is 0 Å². The van der Waals surface area contributed by atoms with Crippen LogP contribution in [0.1, 0.15) is 25.3 Å². The Labute approximate surface area is 180 Å². The first kappa shape index (κ1) is 22.2. The van der Waals surface area contributed by atoms with Crippen LogP contribution in [0.15, 0.2) is 23.3 Å². The quantitative estimate of drug-likeness (QED) is 0.361. The average Bonchev–Trinajstić information content (AvgIpc) is 3.19. The van der Waals surface area contributed by atoms with Crippen molar-refractivity contribution in [3.8, 4) is 0 Å². The molecule has 3 rings (SSSR count). The molecule has 152 valence electrons. The van der Waals surface area contributed by atoms with Crippen molar-refractivity contribution in [2.24, 2.45) is 4.99 Å². The van der Waals surface area contributed by atoms with Crippen LogP contribution in [0.2, 0.25) is 0 Å². The second kappa shape index (κ2) is 11.7. The van der Waals surface area contributed by atoms with E-state index in [0.717, 1.165) is 76.1 Å². The van der Waals surface area contributed by atoms with Crippen molar-refractivity contribution in [2.45, 2.75) is 32.4 Å². The van der Waals surface area contributed by atoms with Gasteiger partial charge >= 0.3 is 0 Å². The van der Waals surface area contributed by atoms with Crippen LogP contribution in [0.25, 0.3) is 0 Å². The van der Waals surface area contributed by atoms with Gasteiger partial charge in [-0.15, -0.1) is 24.0 Å². The minimum atomic E-state index is 0. The van der Waals surface area contributed by atoms with Crippen LogP contribution in [0.3, 0.4) is 0 Å². The number of anilines is 1. The molecule has 1 unspecified atom stereocenters. The summed E-state index contributed by atoms with van der Waals surface area (Å²) in [7, 11) is 2.17. The van der Waals surface area contributed by atoms with Crippen LogP contribution in [0, 0.1) is 0 Å². The van der Waals surface area contributed by atoms with Gasteiger partial charge in [0.1, 0.15) is 5.82 Å². The number of ether oxygens (including phenoxy) is 1. The van der Waals surface area contributed by atoms with Crippen LogP contribution < -0.4 is 15.5 Å². The number of nitrogens with zero attached hydrogens (tertiary/aromatic N) is 4. The predicted molar refractivity (Wildman–Crippen MR) is 121 cm³/mol. The van der Waals surface area contributed by atoms with E-state index in [4.69, 9.17) is 4.74 Å². The zero-order chi connectivity index (χ0) is 18.2. The highest BCUT2D eigenvalue weighted by Gasteiger charge is 2.16. The van der Waals surface area contributed by atoms with E-state index in [1.807, 2.05) is 6.20 Å². The van der Waals surface area contributed by atoms with Crippen molar-refractivity contribution in [2.75, 3.05) is 57.8 Å². The molecule has 2 saturated heterocycles. The van der Waals surface area contributed by atoms with Gasteiger partial charge in [-0.3, -0.25) is 0 Å². The highest BCUT2D eigenvalue weighted by molar-refractivity contribution is 14.0. The molecule has 0 saturated carbocycles. The van der Waals surface area contributed by atoms with E-state index in [2.05, 4.69) is 56.5 Å². The fourth-order valence-corrected chi connectivity index (χ4v) is 3.26. The number of hydrogen-bond donors (Lipinski definition) is 2. The van der Waals surface area contributed by atoms with Crippen LogP contribution in [0.5, 0.6) is 0 Å². The number of rotatable bonds is 6. The van der Waals surface area contributed by atoms with Crippen molar-refractivity contribution < 1.29 is 4.74 Å². The fraction of sp³-hybridized carbons (Fsp3) is 0.684. The number of aliphatic imine (C=N–C) groups is 1. The average molecular weight is 488 g/mol. The Morgan fingerprint density at radius 2 is 2.07 bits per heavy atom. The summed E-state index contributed by atoms with van der Waals surface area (Å²) in [5.41, 5.74) is 1.12. The zero-order valence-corrected chi connectivity index (χ0v) is 18.8. The molecule has 0 amide bonds. The number of likely N-dealkylation sites (N-methyl/N-ethyl adjacent to an activating group) is 1. The number of hydrogen-bond acceptors (Lipinski definition) is 5. The number of nitrogens with one attached hydrogen (secondary N) is 2. The molecule has 2 aliphatic rings. The maximum atomic E-state index is 5.66. The molecule has 3 heterocycles. The fourth-order valence-electron chi connectivity index (χ4n) is 3.26. The minimum Gasteiger partial charge on any atom is -0.376 e. The Bertz CT molecular complexity index is 568. The maximum absolute atomic E-state index is 5.66. The van der Waals surface area contributed by atoms with Gasteiger partial charge in [-0.05, 0) is 38.4 Å². The molecule has 0 aromatic carbocycles. The number of pyridine rings is 1. The first-order valence-corrected chi connectivity index (χ1v) is 9.77. The first-order valence-electron chi connectivity index (χ1n) is 9.77. The predicted octanol–water partition coefficient (Wildman–Crippen LogP) is 1.69. The van der Waals surface area contributed by atoms with Crippen LogP contribution in [-0.4, -0.2) is 74.9 Å². The summed E-state index contributed by atoms with van der Waals surface area (Å²) < 4.78 is 5.66. The van der Waals surface area contributed by atoms with E-state index in [-0.39, 0.29) is 24.0 Å². The van der Waals surface area contributed by atoms with Gasteiger partial charge in [0.15, 0.2) is 5.96 Å². The third kappa shape index (κ3) is 7.08. The summed E-state index contributed by atoms with van der Waals surface area (Å²) in [6, 6.07) is 4.25. The normalized spacial score (nSPS) is 21.0. The highest BCUT2D eigenvalue weighted by Crippen LogP contribution is 2.14. The summed E-state index contributed by atoms with van der Waals surface area (Å²) in [5.74, 6) is 1.90. The number of guanidine groups is 1. The molecule has 1 aromatic rings. The molecule has 0 aliphatic carbocycles. The van der Waals surface area contributed by atoms with E-state index in [1.54, 1.807) is 0 Å². The van der Waals surface area contributed by atoms with Gasteiger partial charge in [-0.2, -0.15) is 0 Å². The zero-order valence-electron chi connectivity index (χ0n) is 16.5. The van der Waals surface area contributed by atoms with Crippen molar-refractivity contribution in [3.05, 3.63) is 23.9 Å². The van der Waals surface area contributed by atoms with Crippen molar-refractivity contribution in [3.63, 3.8) is 0 Å². The highest BCUT2D eigenvalue weighted by atomic mass is 127. The maximum Gasteiger partial charge on any atom is 0.191 e. The molecule has 0 radical (unpaired) electrons. The number of piperazine rings is 1. The molecule has 2 N–H and O–H groups in total. The molecule has 0 spiro atoms. The van der Waals surface area contributed by atoms with Crippen LogP contribution in [0.4, 0.5) is 5.82 Å². The van der Waals surface area contributed by atoms with Crippen molar-refractivity contribution in [1.29, 1.82) is 0 Å². The summed E-state index contributed by atoms with van der Waals surface area (Å²) in [5, 5.41) is 6.67. The standard InChI is InChI=1S/C19H32N6O.HI/c1-3-20-19(23-15-17-5-4-12-26-17)22-14-16-6-7-18(21-13-16)25-10-8-24(2)9-11-25;/h6-7,13,17H,3-5,8-12,14-15H2,1-2H3,(H2,20,22,23);1H. The Hall–Kier alpha value is -1.13. The number of halogens is 1. The second-order valence-corrected chi connectivity index (χ2v) is 7.03. The number of aromatic nitrogens is 1. The van der Waals surface area contributed by atoms with Crippen LogP contribution >= 0.6 is 24.0 Å². The summed E-state index contributed by atoms with van der Waals surface area (Å²) in [6.45, 7) is 9.51. The lowest BCUT2D eigenvalue weighted by atomic mass is 10.2. The topological polar surface area (TPSA) is 65.0 Å². The van der Waals surface area contributed by atoms with Gasteiger partial charge in [0.05, 0.1) is 12.6 Å². The van der Waals surface area contributed by atoms with E-state index >= 15 is 0 Å².